The maximum absolute atomic E-state index is 13.6. The van der Waals surface area contributed by atoms with E-state index in [1.807, 2.05) is 117 Å². The molecule has 0 bridgehead atoms. The Bertz CT molecular complexity index is 1510. The molecule has 2 heterocycles. The fraction of sp³-hybridized carbons (Fsp3) is 0.194. The lowest BCUT2D eigenvalue weighted by Crippen LogP contribution is -2.30. The van der Waals surface area contributed by atoms with Crippen molar-refractivity contribution < 1.29 is 9.53 Å². The molecule has 7 heteroatoms. The summed E-state index contributed by atoms with van der Waals surface area (Å²) in [7, 11) is 0. The molecule has 1 aliphatic rings. The maximum atomic E-state index is 13.6. The number of rotatable bonds is 7. The molecule has 3 aromatic carbocycles. The molecule has 0 saturated carbocycles. The van der Waals surface area contributed by atoms with Crippen LogP contribution in [-0.2, 0) is 4.79 Å². The first-order valence-corrected chi connectivity index (χ1v) is 13.8. The second-order valence-corrected chi connectivity index (χ2v) is 11.2. The van der Waals surface area contributed by atoms with Gasteiger partial charge in [0.15, 0.2) is 0 Å². The Kier molecular flexibility index (Phi) is 7.49. The molecular weight excluding hydrogens is 510 g/mol. The van der Waals surface area contributed by atoms with Crippen molar-refractivity contribution in [3.05, 3.63) is 107 Å². The van der Waals surface area contributed by atoms with Crippen LogP contribution < -0.4 is 4.74 Å². The number of ether oxygens (including phenoxy) is 1. The van der Waals surface area contributed by atoms with Gasteiger partial charge in [0.25, 0.3) is 5.91 Å². The summed E-state index contributed by atoms with van der Waals surface area (Å²) >= 11 is 6.99. The van der Waals surface area contributed by atoms with Gasteiger partial charge in [-0.25, -0.2) is 4.68 Å². The van der Waals surface area contributed by atoms with Crippen LogP contribution in [-0.4, -0.2) is 31.0 Å². The molecule has 1 fully saturated rings. The molecule has 1 atom stereocenters. The van der Waals surface area contributed by atoms with Gasteiger partial charge in [-0.15, -0.1) is 0 Å². The summed E-state index contributed by atoms with van der Waals surface area (Å²) < 4.78 is 8.35. The Morgan fingerprint density at radius 3 is 2.32 bits per heavy atom. The summed E-state index contributed by atoms with van der Waals surface area (Å²) in [4.78, 5) is 15.9. The van der Waals surface area contributed by atoms with Crippen molar-refractivity contribution in [2.45, 2.75) is 39.8 Å². The minimum atomic E-state index is -0.155. The zero-order chi connectivity index (χ0) is 26.8. The lowest BCUT2D eigenvalue weighted by atomic mass is 10.0. The van der Waals surface area contributed by atoms with Gasteiger partial charge >= 0.3 is 0 Å². The number of nitrogens with zero attached hydrogens (tertiary/aromatic N) is 3. The minimum Gasteiger partial charge on any atom is -0.491 e. The third-order valence-corrected chi connectivity index (χ3v) is 7.68. The van der Waals surface area contributed by atoms with Gasteiger partial charge in [0.2, 0.25) is 0 Å². The molecule has 1 amide bonds. The highest BCUT2D eigenvalue weighted by Crippen LogP contribution is 2.39. The zero-order valence-corrected chi connectivity index (χ0v) is 23.4. The Balaban J connectivity index is 1.55. The van der Waals surface area contributed by atoms with Crippen molar-refractivity contribution in [1.29, 1.82) is 0 Å². The summed E-state index contributed by atoms with van der Waals surface area (Å²) in [5.74, 6) is 0.759. The molecule has 1 unspecified atom stereocenters. The van der Waals surface area contributed by atoms with Gasteiger partial charge in [-0.05, 0) is 75.2 Å². The SMILES string of the molecule is Cc1cc(-c2nn(-c3ccccc3)cc2C=C2SC(=S)N(C(C)c3ccccc3)C2=O)ccc1OC(C)C. The second-order valence-electron chi connectivity index (χ2n) is 9.50. The van der Waals surface area contributed by atoms with Crippen LogP contribution in [0.15, 0.2) is 90.0 Å². The van der Waals surface area contributed by atoms with Crippen molar-refractivity contribution in [3.63, 3.8) is 0 Å². The molecule has 4 aromatic rings. The highest BCUT2D eigenvalue weighted by Gasteiger charge is 2.36. The third-order valence-electron chi connectivity index (χ3n) is 6.35. The lowest BCUT2D eigenvalue weighted by molar-refractivity contribution is -0.123. The smallest absolute Gasteiger partial charge is 0.266 e. The summed E-state index contributed by atoms with van der Waals surface area (Å²) in [5.41, 5.74) is 5.59. The van der Waals surface area contributed by atoms with Crippen LogP contribution in [0.2, 0.25) is 0 Å². The zero-order valence-electron chi connectivity index (χ0n) is 21.8. The van der Waals surface area contributed by atoms with Crippen LogP contribution in [0, 0.1) is 6.92 Å². The maximum Gasteiger partial charge on any atom is 0.266 e. The van der Waals surface area contributed by atoms with Crippen LogP contribution in [0.5, 0.6) is 5.75 Å². The van der Waals surface area contributed by atoms with E-state index in [1.54, 1.807) is 4.90 Å². The lowest BCUT2D eigenvalue weighted by Gasteiger charge is -2.23. The number of thiocarbonyl (C=S) groups is 1. The standard InChI is InChI=1S/C31H29N3O2S2/c1-20(2)36-27-16-15-24(17-21(27)3)29-25(19-33(32-29)26-13-9-6-10-14-26)18-28-30(35)34(31(37)38-28)22(4)23-11-7-5-8-12-23/h5-20,22H,1-4H3. The number of amides is 1. The average Bonchev–Trinajstić information content (AvgIpc) is 3.46. The number of aromatic nitrogens is 2. The molecule has 0 aliphatic carbocycles. The first kappa shape index (κ1) is 25.9. The van der Waals surface area contributed by atoms with Crippen molar-refractivity contribution in [2.24, 2.45) is 0 Å². The number of benzene rings is 3. The topological polar surface area (TPSA) is 47.4 Å². The summed E-state index contributed by atoms with van der Waals surface area (Å²) in [6, 6.07) is 25.8. The van der Waals surface area contributed by atoms with E-state index in [4.69, 9.17) is 22.1 Å². The average molecular weight is 540 g/mol. The first-order chi connectivity index (χ1) is 18.3. The first-order valence-electron chi connectivity index (χ1n) is 12.6. The van der Waals surface area contributed by atoms with E-state index in [1.165, 1.54) is 11.8 Å². The quantitative estimate of drug-likeness (QED) is 0.179. The molecule has 5 rings (SSSR count). The van der Waals surface area contributed by atoms with Gasteiger partial charge in [-0.1, -0.05) is 72.5 Å². The van der Waals surface area contributed by atoms with E-state index in [2.05, 4.69) is 6.07 Å². The Morgan fingerprint density at radius 2 is 1.66 bits per heavy atom. The van der Waals surface area contributed by atoms with E-state index in [0.29, 0.717) is 9.23 Å². The van der Waals surface area contributed by atoms with Gasteiger partial charge in [-0.2, -0.15) is 5.10 Å². The van der Waals surface area contributed by atoms with Gasteiger partial charge < -0.3 is 4.74 Å². The van der Waals surface area contributed by atoms with Crippen molar-refractivity contribution in [2.75, 3.05) is 0 Å². The van der Waals surface area contributed by atoms with Crippen molar-refractivity contribution >= 4 is 40.3 Å². The van der Waals surface area contributed by atoms with E-state index in [0.717, 1.165) is 39.4 Å². The number of para-hydroxylation sites is 1. The van der Waals surface area contributed by atoms with E-state index < -0.39 is 0 Å². The van der Waals surface area contributed by atoms with Crippen molar-refractivity contribution in [3.8, 4) is 22.7 Å². The highest BCUT2D eigenvalue weighted by molar-refractivity contribution is 8.26. The van der Waals surface area contributed by atoms with Crippen LogP contribution >= 0.6 is 24.0 Å². The number of hydrogen-bond donors (Lipinski definition) is 0. The molecule has 192 valence electrons. The fourth-order valence-electron chi connectivity index (χ4n) is 4.45. The third kappa shape index (κ3) is 5.30. The van der Waals surface area contributed by atoms with E-state index in [-0.39, 0.29) is 18.1 Å². The number of carbonyl (C=O) groups is 1. The molecule has 0 N–H and O–H groups in total. The van der Waals surface area contributed by atoms with Crippen LogP contribution in [0.4, 0.5) is 0 Å². The number of thioether (sulfide) groups is 1. The molecular formula is C31H29N3O2S2. The number of carbonyl (C=O) groups excluding carboxylic acids is 1. The predicted molar refractivity (Wildman–Crippen MR) is 159 cm³/mol. The van der Waals surface area contributed by atoms with Crippen molar-refractivity contribution in [1.82, 2.24) is 14.7 Å². The van der Waals surface area contributed by atoms with Gasteiger partial charge in [0, 0.05) is 17.3 Å². The van der Waals surface area contributed by atoms with E-state index in [9.17, 15) is 4.79 Å². The Morgan fingerprint density at radius 1 is 0.974 bits per heavy atom. The summed E-state index contributed by atoms with van der Waals surface area (Å²) in [5, 5.41) is 4.93. The molecule has 0 spiro atoms. The number of aryl methyl sites for hydroxylation is 1. The molecule has 5 nitrogen and oxygen atoms in total. The Hall–Kier alpha value is -3.68. The van der Waals surface area contributed by atoms with Crippen LogP contribution in [0.25, 0.3) is 23.0 Å². The highest BCUT2D eigenvalue weighted by atomic mass is 32.2. The molecule has 1 aliphatic heterocycles. The Labute approximate surface area is 233 Å². The monoisotopic (exact) mass is 539 g/mol. The molecule has 0 radical (unpaired) electrons. The predicted octanol–water partition coefficient (Wildman–Crippen LogP) is 7.60. The van der Waals surface area contributed by atoms with E-state index >= 15 is 0 Å². The second kappa shape index (κ2) is 11.0. The minimum absolute atomic E-state index is 0.0904. The van der Waals surface area contributed by atoms with Gasteiger partial charge in [0.1, 0.15) is 15.8 Å². The summed E-state index contributed by atoms with van der Waals surface area (Å²) in [6.45, 7) is 8.07. The normalized spacial score (nSPS) is 15.5. The molecule has 38 heavy (non-hydrogen) atoms. The van der Waals surface area contributed by atoms with Gasteiger partial charge in [0.05, 0.1) is 22.7 Å². The summed E-state index contributed by atoms with van der Waals surface area (Å²) in [6.07, 6.45) is 3.96. The molecule has 1 aromatic heterocycles. The molecule has 1 saturated heterocycles. The van der Waals surface area contributed by atoms with Crippen LogP contribution in [0.3, 0.4) is 0 Å². The van der Waals surface area contributed by atoms with Crippen LogP contribution in [0.1, 0.15) is 43.5 Å². The van der Waals surface area contributed by atoms with Gasteiger partial charge in [-0.3, -0.25) is 9.69 Å². The largest absolute Gasteiger partial charge is 0.491 e. The fourth-order valence-corrected chi connectivity index (χ4v) is 5.86. The number of hydrogen-bond acceptors (Lipinski definition) is 5.